The van der Waals surface area contributed by atoms with Gasteiger partial charge in [0.1, 0.15) is 5.82 Å². The van der Waals surface area contributed by atoms with Crippen LogP contribution in [0.25, 0.3) is 11.3 Å². The Morgan fingerprint density at radius 1 is 1.28 bits per heavy atom. The average Bonchev–Trinajstić information content (AvgIpc) is 3.29. The van der Waals surface area contributed by atoms with Crippen molar-refractivity contribution in [1.29, 1.82) is 0 Å². The number of aromatic nitrogens is 2. The maximum Gasteiger partial charge on any atom is 0.287 e. The smallest absolute Gasteiger partial charge is 0.287 e. The summed E-state index contributed by atoms with van der Waals surface area (Å²) in [5.41, 5.74) is 5.12. The molecule has 10 heteroatoms. The third kappa shape index (κ3) is 3.15. The number of nitrogens with two attached hydrogens (primary N) is 1. The second-order valence-corrected chi connectivity index (χ2v) is 11.6. The Kier molecular flexibility index (Phi) is 4.58. The first-order chi connectivity index (χ1) is 15.2. The van der Waals surface area contributed by atoms with Crippen LogP contribution in [0.3, 0.4) is 0 Å². The van der Waals surface area contributed by atoms with E-state index in [-0.39, 0.29) is 35.2 Å². The number of hydrogen-bond donors (Lipinski definition) is 4. The molecule has 4 fully saturated rings. The van der Waals surface area contributed by atoms with E-state index < -0.39 is 16.3 Å². The largest absolute Gasteiger partial charge is 0.392 e. The SMILES string of the molecule is NS(=O)(=O)NNC1C2CC3CC1CC(C(O)CC1c4c(F)cccc4-c4cncn41)(C3)C2. The highest BCUT2D eigenvalue weighted by Crippen LogP contribution is 2.62. The van der Waals surface area contributed by atoms with E-state index in [0.29, 0.717) is 17.9 Å². The molecule has 4 aliphatic carbocycles. The Morgan fingerprint density at radius 3 is 2.75 bits per heavy atom. The van der Waals surface area contributed by atoms with E-state index in [2.05, 4.69) is 15.2 Å². The highest BCUT2D eigenvalue weighted by molar-refractivity contribution is 7.87. The van der Waals surface area contributed by atoms with Gasteiger partial charge in [0.05, 0.1) is 30.4 Å². The second-order valence-electron chi connectivity index (χ2n) is 10.3. The minimum absolute atomic E-state index is 0.0232. The van der Waals surface area contributed by atoms with Gasteiger partial charge in [0.15, 0.2) is 0 Å². The van der Waals surface area contributed by atoms with Crippen LogP contribution in [-0.4, -0.2) is 35.2 Å². The number of imidazole rings is 1. The molecule has 0 saturated heterocycles. The number of aliphatic hydroxyl groups is 1. The number of halogens is 1. The predicted molar refractivity (Wildman–Crippen MR) is 116 cm³/mol. The molecular formula is C22H28FN5O3S. The summed E-state index contributed by atoms with van der Waals surface area (Å²) in [7, 11) is -3.81. The fraction of sp³-hybridized carbons (Fsp3) is 0.591. The Morgan fingerprint density at radius 2 is 2.03 bits per heavy atom. The zero-order chi connectivity index (χ0) is 22.3. The van der Waals surface area contributed by atoms with E-state index >= 15 is 0 Å². The molecule has 0 amide bonds. The molecule has 8 nitrogen and oxygen atoms in total. The lowest BCUT2D eigenvalue weighted by Crippen LogP contribution is -2.63. The topological polar surface area (TPSA) is 122 Å². The van der Waals surface area contributed by atoms with E-state index in [4.69, 9.17) is 5.14 Å². The molecule has 2 heterocycles. The number of rotatable bonds is 6. The average molecular weight is 462 g/mol. The normalized spacial score (nSPS) is 35.7. The first-order valence-electron chi connectivity index (χ1n) is 11.3. The lowest BCUT2D eigenvalue weighted by Gasteiger charge is -2.61. The van der Waals surface area contributed by atoms with Crippen molar-refractivity contribution in [2.24, 2.45) is 28.3 Å². The molecule has 172 valence electrons. The van der Waals surface area contributed by atoms with Crippen LogP contribution in [0.1, 0.15) is 50.1 Å². The maximum absolute atomic E-state index is 14.8. The molecule has 4 bridgehead atoms. The van der Waals surface area contributed by atoms with Crippen molar-refractivity contribution < 1.29 is 17.9 Å². The van der Waals surface area contributed by atoms with Crippen molar-refractivity contribution in [3.8, 4) is 11.3 Å². The van der Waals surface area contributed by atoms with Crippen molar-refractivity contribution in [2.75, 3.05) is 0 Å². The van der Waals surface area contributed by atoms with Gasteiger partial charge in [-0.05, 0) is 67.8 Å². The zero-order valence-corrected chi connectivity index (χ0v) is 18.4. The Bertz CT molecular complexity index is 1150. The van der Waals surface area contributed by atoms with Crippen molar-refractivity contribution in [2.45, 2.75) is 56.7 Å². The molecule has 0 radical (unpaired) electrons. The molecule has 32 heavy (non-hydrogen) atoms. The third-order valence-electron chi connectivity index (χ3n) is 8.51. The molecule has 2 aromatic rings. The summed E-state index contributed by atoms with van der Waals surface area (Å²) in [5, 5.41) is 16.7. The van der Waals surface area contributed by atoms with Gasteiger partial charge in [-0.25, -0.2) is 19.9 Å². The molecule has 5 aliphatic rings. The van der Waals surface area contributed by atoms with Gasteiger partial charge in [0, 0.05) is 17.2 Å². The molecule has 4 atom stereocenters. The van der Waals surface area contributed by atoms with Gasteiger partial charge in [-0.15, -0.1) is 4.83 Å². The highest BCUT2D eigenvalue weighted by atomic mass is 32.2. The van der Waals surface area contributed by atoms with E-state index in [1.165, 1.54) is 6.07 Å². The molecule has 4 unspecified atom stereocenters. The summed E-state index contributed by atoms with van der Waals surface area (Å²) < 4.78 is 39.6. The molecule has 5 N–H and O–H groups in total. The van der Waals surface area contributed by atoms with Crippen LogP contribution in [-0.2, 0) is 10.2 Å². The minimum Gasteiger partial charge on any atom is -0.392 e. The lowest BCUT2D eigenvalue weighted by atomic mass is 9.46. The lowest BCUT2D eigenvalue weighted by molar-refractivity contribution is -0.138. The molecule has 1 aromatic carbocycles. The molecular weight excluding hydrogens is 433 g/mol. The first-order valence-corrected chi connectivity index (χ1v) is 12.8. The zero-order valence-electron chi connectivity index (χ0n) is 17.6. The molecule has 1 aliphatic heterocycles. The fourth-order valence-electron chi connectivity index (χ4n) is 7.57. The Labute approximate surface area is 186 Å². The fourth-order valence-corrected chi connectivity index (χ4v) is 7.87. The number of aliphatic hydroxyl groups excluding tert-OH is 1. The number of benzene rings is 1. The number of hydrogen-bond acceptors (Lipinski definition) is 5. The van der Waals surface area contributed by atoms with E-state index in [0.717, 1.165) is 43.4 Å². The number of fused-ring (bicyclic) bond motifs is 3. The van der Waals surface area contributed by atoms with Gasteiger partial charge in [-0.2, -0.15) is 8.42 Å². The van der Waals surface area contributed by atoms with Crippen LogP contribution >= 0.6 is 0 Å². The standard InChI is InChI=1S/C22H28FN5O3S/c23-16-3-1-2-15-18-10-25-11-28(18)17(20(15)16)6-19(29)22-7-12-4-13(8-22)21(14(5-12)9-22)26-27-32(24,30)31/h1-3,10-14,17,19,21,26-27,29H,4-9H2,(H2,24,30,31). The monoisotopic (exact) mass is 461 g/mol. The summed E-state index contributed by atoms with van der Waals surface area (Å²) in [5.74, 6) is 0.849. The first kappa shape index (κ1) is 20.7. The predicted octanol–water partition coefficient (Wildman–Crippen LogP) is 1.84. The van der Waals surface area contributed by atoms with Gasteiger partial charge in [-0.1, -0.05) is 12.1 Å². The van der Waals surface area contributed by atoms with E-state index in [1.54, 1.807) is 18.6 Å². The van der Waals surface area contributed by atoms with E-state index in [9.17, 15) is 17.9 Å². The van der Waals surface area contributed by atoms with Crippen molar-refractivity contribution >= 4 is 10.2 Å². The second kappa shape index (κ2) is 7.07. The van der Waals surface area contributed by atoms with Crippen LogP contribution in [0.5, 0.6) is 0 Å². The van der Waals surface area contributed by atoms with Gasteiger partial charge in [0.25, 0.3) is 10.2 Å². The summed E-state index contributed by atoms with van der Waals surface area (Å²) >= 11 is 0. The number of nitrogens with one attached hydrogen (secondary N) is 2. The van der Waals surface area contributed by atoms with Crippen molar-refractivity contribution in [1.82, 2.24) is 19.8 Å². The van der Waals surface area contributed by atoms with Crippen LogP contribution in [0.2, 0.25) is 0 Å². The Hall–Kier alpha value is -1.85. The molecule has 0 spiro atoms. The quantitative estimate of drug-likeness (QED) is 0.489. The highest BCUT2D eigenvalue weighted by Gasteiger charge is 2.58. The van der Waals surface area contributed by atoms with Crippen molar-refractivity contribution in [3.63, 3.8) is 0 Å². The molecule has 4 saturated carbocycles. The van der Waals surface area contributed by atoms with Gasteiger partial charge in [0.2, 0.25) is 0 Å². The van der Waals surface area contributed by atoms with Crippen LogP contribution in [0, 0.1) is 29.0 Å². The minimum atomic E-state index is -3.81. The number of hydrazine groups is 1. The summed E-state index contributed by atoms with van der Waals surface area (Å²) in [6.07, 6.45) is 8.05. The molecule has 1 aromatic heterocycles. The summed E-state index contributed by atoms with van der Waals surface area (Å²) in [6, 6.07) is 4.86. The van der Waals surface area contributed by atoms with Gasteiger partial charge >= 0.3 is 0 Å². The van der Waals surface area contributed by atoms with E-state index in [1.807, 2.05) is 10.6 Å². The Balaban J connectivity index is 1.26. The van der Waals surface area contributed by atoms with Crippen LogP contribution in [0.15, 0.2) is 30.7 Å². The summed E-state index contributed by atoms with van der Waals surface area (Å²) in [4.78, 5) is 6.52. The summed E-state index contributed by atoms with van der Waals surface area (Å²) in [6.45, 7) is 0. The van der Waals surface area contributed by atoms with Crippen LogP contribution < -0.4 is 15.4 Å². The maximum atomic E-state index is 14.8. The number of nitrogens with zero attached hydrogens (tertiary/aromatic N) is 2. The van der Waals surface area contributed by atoms with Crippen LogP contribution in [0.4, 0.5) is 4.39 Å². The molecule has 7 rings (SSSR count). The van der Waals surface area contributed by atoms with Crippen molar-refractivity contribution in [3.05, 3.63) is 42.1 Å². The van der Waals surface area contributed by atoms with Gasteiger partial charge in [-0.3, -0.25) is 0 Å². The van der Waals surface area contributed by atoms with Gasteiger partial charge < -0.3 is 9.67 Å². The third-order valence-corrected chi connectivity index (χ3v) is 8.91.